The standard InChI is InChI=1S/C11H15NO3/c1-8-4-2-3-5-9(8)6-12-10(7-13)11(14)15/h2-5,10,12-13H,6-7H2,1H3,(H,14,15). The first-order valence-electron chi connectivity index (χ1n) is 4.76. The molecular weight excluding hydrogens is 194 g/mol. The Bertz CT molecular complexity index is 338. The Morgan fingerprint density at radius 3 is 2.67 bits per heavy atom. The number of aliphatic hydroxyl groups excluding tert-OH is 1. The number of rotatable bonds is 5. The van der Waals surface area contributed by atoms with Gasteiger partial charge in [0.25, 0.3) is 0 Å². The van der Waals surface area contributed by atoms with Crippen molar-refractivity contribution < 1.29 is 15.0 Å². The molecule has 0 amide bonds. The lowest BCUT2D eigenvalue weighted by atomic mass is 10.1. The predicted octanol–water partition coefficient (Wildman–Crippen LogP) is 0.530. The molecule has 0 bridgehead atoms. The van der Waals surface area contributed by atoms with Crippen LogP contribution in [0, 0.1) is 6.92 Å². The number of aryl methyl sites for hydroxylation is 1. The molecule has 0 saturated heterocycles. The monoisotopic (exact) mass is 209 g/mol. The van der Waals surface area contributed by atoms with Crippen molar-refractivity contribution in [1.82, 2.24) is 5.32 Å². The molecule has 0 saturated carbocycles. The molecule has 4 heteroatoms. The van der Waals surface area contributed by atoms with Crippen LogP contribution in [0.4, 0.5) is 0 Å². The first kappa shape index (κ1) is 11.7. The quantitative estimate of drug-likeness (QED) is 0.661. The molecule has 0 spiro atoms. The summed E-state index contributed by atoms with van der Waals surface area (Å²) in [4.78, 5) is 10.6. The highest BCUT2D eigenvalue weighted by Crippen LogP contribution is 2.06. The molecule has 15 heavy (non-hydrogen) atoms. The van der Waals surface area contributed by atoms with Crippen LogP contribution in [0.1, 0.15) is 11.1 Å². The molecule has 1 rings (SSSR count). The van der Waals surface area contributed by atoms with Gasteiger partial charge in [-0.25, -0.2) is 0 Å². The van der Waals surface area contributed by atoms with E-state index in [-0.39, 0.29) is 0 Å². The fourth-order valence-corrected chi connectivity index (χ4v) is 1.27. The van der Waals surface area contributed by atoms with Gasteiger partial charge in [0.1, 0.15) is 6.04 Å². The zero-order valence-corrected chi connectivity index (χ0v) is 8.60. The number of aliphatic carboxylic acids is 1. The summed E-state index contributed by atoms with van der Waals surface area (Å²) in [7, 11) is 0. The number of benzene rings is 1. The Hall–Kier alpha value is -1.39. The summed E-state index contributed by atoms with van der Waals surface area (Å²) in [6.45, 7) is 2.01. The molecule has 0 heterocycles. The Kier molecular flexibility index (Phi) is 4.27. The van der Waals surface area contributed by atoms with Crippen molar-refractivity contribution in [2.24, 2.45) is 0 Å². The summed E-state index contributed by atoms with van der Waals surface area (Å²) in [5.41, 5.74) is 2.14. The third-order valence-corrected chi connectivity index (χ3v) is 2.28. The van der Waals surface area contributed by atoms with Crippen molar-refractivity contribution in [3.63, 3.8) is 0 Å². The van der Waals surface area contributed by atoms with Gasteiger partial charge >= 0.3 is 5.97 Å². The summed E-state index contributed by atoms with van der Waals surface area (Å²) in [6.07, 6.45) is 0. The van der Waals surface area contributed by atoms with E-state index in [1.807, 2.05) is 31.2 Å². The van der Waals surface area contributed by atoms with E-state index < -0.39 is 18.6 Å². The van der Waals surface area contributed by atoms with Crippen molar-refractivity contribution in [3.8, 4) is 0 Å². The van der Waals surface area contributed by atoms with Gasteiger partial charge in [0.2, 0.25) is 0 Å². The van der Waals surface area contributed by atoms with Gasteiger partial charge < -0.3 is 10.2 Å². The maximum atomic E-state index is 10.6. The Labute approximate surface area is 88.6 Å². The Morgan fingerprint density at radius 2 is 2.13 bits per heavy atom. The van der Waals surface area contributed by atoms with Gasteiger partial charge in [0.05, 0.1) is 6.61 Å². The van der Waals surface area contributed by atoms with Crippen LogP contribution in [0.15, 0.2) is 24.3 Å². The SMILES string of the molecule is Cc1ccccc1CNC(CO)C(=O)O. The lowest BCUT2D eigenvalue weighted by Gasteiger charge is -2.12. The maximum absolute atomic E-state index is 10.6. The molecule has 1 aromatic carbocycles. The smallest absolute Gasteiger partial charge is 0.323 e. The number of carboxylic acids is 1. The van der Waals surface area contributed by atoms with Crippen LogP contribution in [-0.2, 0) is 11.3 Å². The van der Waals surface area contributed by atoms with Crippen LogP contribution >= 0.6 is 0 Å². The molecule has 4 nitrogen and oxygen atoms in total. The van der Waals surface area contributed by atoms with E-state index in [0.717, 1.165) is 11.1 Å². The first-order chi connectivity index (χ1) is 7.15. The fourth-order valence-electron chi connectivity index (χ4n) is 1.27. The number of carboxylic acid groups (broad SMARTS) is 1. The largest absolute Gasteiger partial charge is 0.480 e. The second-order valence-electron chi connectivity index (χ2n) is 3.38. The van der Waals surface area contributed by atoms with E-state index in [1.54, 1.807) is 0 Å². The van der Waals surface area contributed by atoms with Crippen molar-refractivity contribution in [2.75, 3.05) is 6.61 Å². The molecular formula is C11H15NO3. The van der Waals surface area contributed by atoms with Crippen molar-refractivity contribution in [3.05, 3.63) is 35.4 Å². The van der Waals surface area contributed by atoms with E-state index >= 15 is 0 Å². The molecule has 82 valence electrons. The van der Waals surface area contributed by atoms with Crippen molar-refractivity contribution >= 4 is 5.97 Å². The lowest BCUT2D eigenvalue weighted by Crippen LogP contribution is -2.39. The molecule has 1 unspecified atom stereocenters. The van der Waals surface area contributed by atoms with E-state index in [0.29, 0.717) is 6.54 Å². The van der Waals surface area contributed by atoms with Gasteiger partial charge in [-0.1, -0.05) is 24.3 Å². The van der Waals surface area contributed by atoms with Gasteiger partial charge in [0, 0.05) is 6.54 Å². The Morgan fingerprint density at radius 1 is 1.47 bits per heavy atom. The van der Waals surface area contributed by atoms with Gasteiger partial charge in [-0.3, -0.25) is 10.1 Å². The maximum Gasteiger partial charge on any atom is 0.323 e. The van der Waals surface area contributed by atoms with Crippen LogP contribution in [0.3, 0.4) is 0 Å². The number of aliphatic hydroxyl groups is 1. The Balaban J connectivity index is 2.56. The summed E-state index contributed by atoms with van der Waals surface area (Å²) in [5.74, 6) is -1.04. The third-order valence-electron chi connectivity index (χ3n) is 2.28. The number of carbonyl (C=O) groups is 1. The normalized spacial score (nSPS) is 12.4. The average molecular weight is 209 g/mol. The molecule has 0 aliphatic rings. The third kappa shape index (κ3) is 3.34. The van der Waals surface area contributed by atoms with Crippen molar-refractivity contribution in [2.45, 2.75) is 19.5 Å². The van der Waals surface area contributed by atoms with E-state index in [9.17, 15) is 4.79 Å². The summed E-state index contributed by atoms with van der Waals surface area (Å²) >= 11 is 0. The first-order valence-corrected chi connectivity index (χ1v) is 4.76. The van der Waals surface area contributed by atoms with Crippen molar-refractivity contribution in [1.29, 1.82) is 0 Å². The lowest BCUT2D eigenvalue weighted by molar-refractivity contribution is -0.140. The highest BCUT2D eigenvalue weighted by molar-refractivity contribution is 5.73. The number of hydrogen-bond acceptors (Lipinski definition) is 3. The highest BCUT2D eigenvalue weighted by Gasteiger charge is 2.14. The minimum absolute atomic E-state index is 0.402. The topological polar surface area (TPSA) is 69.6 Å². The zero-order valence-electron chi connectivity index (χ0n) is 8.60. The molecule has 0 fully saturated rings. The van der Waals surface area contributed by atoms with Gasteiger partial charge in [0.15, 0.2) is 0 Å². The van der Waals surface area contributed by atoms with Crippen LogP contribution in [0.25, 0.3) is 0 Å². The zero-order chi connectivity index (χ0) is 11.3. The molecule has 0 aliphatic heterocycles. The van der Waals surface area contributed by atoms with Crippen LogP contribution in [0.2, 0.25) is 0 Å². The van der Waals surface area contributed by atoms with E-state index in [2.05, 4.69) is 5.32 Å². The second kappa shape index (κ2) is 5.48. The minimum atomic E-state index is -1.04. The summed E-state index contributed by atoms with van der Waals surface area (Å²) in [5, 5.41) is 20.3. The highest BCUT2D eigenvalue weighted by atomic mass is 16.4. The van der Waals surface area contributed by atoms with Gasteiger partial charge in [-0.15, -0.1) is 0 Å². The van der Waals surface area contributed by atoms with E-state index in [1.165, 1.54) is 0 Å². The molecule has 1 aromatic rings. The van der Waals surface area contributed by atoms with Crippen LogP contribution in [0.5, 0.6) is 0 Å². The van der Waals surface area contributed by atoms with Gasteiger partial charge in [-0.05, 0) is 18.1 Å². The van der Waals surface area contributed by atoms with Crippen LogP contribution < -0.4 is 5.32 Å². The van der Waals surface area contributed by atoms with E-state index in [4.69, 9.17) is 10.2 Å². The molecule has 0 aliphatic carbocycles. The minimum Gasteiger partial charge on any atom is -0.480 e. The number of nitrogens with one attached hydrogen (secondary N) is 1. The molecule has 1 atom stereocenters. The summed E-state index contributed by atoms with van der Waals surface area (Å²) in [6, 6.07) is 6.83. The van der Waals surface area contributed by atoms with Gasteiger partial charge in [-0.2, -0.15) is 0 Å². The fraction of sp³-hybridized carbons (Fsp3) is 0.364. The average Bonchev–Trinajstić information content (AvgIpc) is 2.21. The second-order valence-corrected chi connectivity index (χ2v) is 3.38. The molecule has 0 aromatic heterocycles. The van der Waals surface area contributed by atoms with Crippen LogP contribution in [-0.4, -0.2) is 28.8 Å². The molecule has 3 N–H and O–H groups in total. The predicted molar refractivity (Wildman–Crippen MR) is 56.5 cm³/mol. The number of hydrogen-bond donors (Lipinski definition) is 3. The molecule has 0 radical (unpaired) electrons. The summed E-state index contributed by atoms with van der Waals surface area (Å²) < 4.78 is 0.